The highest BCUT2D eigenvalue weighted by molar-refractivity contribution is 6.04. The molecule has 0 atom stereocenters. The minimum absolute atomic E-state index is 0.00588. The summed E-state index contributed by atoms with van der Waals surface area (Å²) in [5.41, 5.74) is 1.22. The molecular formula is C13H9FN4O. The van der Waals surface area contributed by atoms with Gasteiger partial charge in [-0.15, -0.1) is 10.2 Å². The van der Waals surface area contributed by atoms with Gasteiger partial charge in [-0.05, 0) is 24.3 Å². The monoisotopic (exact) mass is 256 g/mol. The van der Waals surface area contributed by atoms with Crippen molar-refractivity contribution in [2.75, 3.05) is 5.32 Å². The second-order valence-electron chi connectivity index (χ2n) is 3.95. The van der Waals surface area contributed by atoms with Crippen LogP contribution >= 0.6 is 0 Å². The van der Waals surface area contributed by atoms with Crippen molar-refractivity contribution in [3.8, 4) is 0 Å². The Labute approximate surface area is 107 Å². The van der Waals surface area contributed by atoms with Gasteiger partial charge in [0.1, 0.15) is 12.1 Å². The van der Waals surface area contributed by atoms with E-state index < -0.39 is 11.7 Å². The molecule has 5 nitrogen and oxygen atoms in total. The number of nitrogens with zero attached hydrogens (tertiary/aromatic N) is 3. The lowest BCUT2D eigenvalue weighted by molar-refractivity contribution is 0.102. The lowest BCUT2D eigenvalue weighted by Crippen LogP contribution is -2.13. The van der Waals surface area contributed by atoms with Gasteiger partial charge in [-0.3, -0.25) is 9.20 Å². The molecule has 0 bridgehead atoms. The van der Waals surface area contributed by atoms with Crippen LogP contribution in [0.5, 0.6) is 0 Å². The maximum atomic E-state index is 13.5. The molecule has 1 aromatic carbocycles. The molecule has 0 saturated carbocycles. The molecule has 2 aromatic heterocycles. The number of benzene rings is 1. The molecule has 19 heavy (non-hydrogen) atoms. The molecule has 94 valence electrons. The van der Waals surface area contributed by atoms with Crippen molar-refractivity contribution in [1.82, 2.24) is 14.6 Å². The van der Waals surface area contributed by atoms with Crippen LogP contribution in [0.3, 0.4) is 0 Å². The minimum atomic E-state index is -0.551. The first-order chi connectivity index (χ1) is 9.24. The van der Waals surface area contributed by atoms with Crippen LogP contribution in [0.1, 0.15) is 10.4 Å². The quantitative estimate of drug-likeness (QED) is 0.764. The van der Waals surface area contributed by atoms with Gasteiger partial charge in [0.25, 0.3) is 5.91 Å². The number of nitrogens with one attached hydrogen (secondary N) is 1. The molecule has 0 aliphatic carbocycles. The second kappa shape index (κ2) is 4.49. The van der Waals surface area contributed by atoms with Crippen molar-refractivity contribution in [2.24, 2.45) is 0 Å². The third-order valence-corrected chi connectivity index (χ3v) is 2.67. The molecule has 3 aromatic rings. The van der Waals surface area contributed by atoms with Crippen molar-refractivity contribution in [3.05, 3.63) is 60.3 Å². The zero-order valence-electron chi connectivity index (χ0n) is 9.75. The molecule has 1 amide bonds. The van der Waals surface area contributed by atoms with Crippen molar-refractivity contribution >= 4 is 17.2 Å². The summed E-state index contributed by atoms with van der Waals surface area (Å²) in [6.07, 6.45) is 3.18. The molecule has 0 saturated heterocycles. The van der Waals surface area contributed by atoms with E-state index in [1.54, 1.807) is 28.8 Å². The van der Waals surface area contributed by atoms with Gasteiger partial charge >= 0.3 is 0 Å². The molecule has 2 heterocycles. The summed E-state index contributed by atoms with van der Waals surface area (Å²) < 4.78 is 15.1. The Morgan fingerprint density at radius 3 is 2.89 bits per heavy atom. The topological polar surface area (TPSA) is 59.3 Å². The third kappa shape index (κ3) is 2.15. The number of hydrogen-bond acceptors (Lipinski definition) is 3. The highest BCUT2D eigenvalue weighted by atomic mass is 19.1. The van der Waals surface area contributed by atoms with Crippen LogP contribution in [0.2, 0.25) is 0 Å². The number of rotatable bonds is 2. The number of pyridine rings is 1. The third-order valence-electron chi connectivity index (χ3n) is 2.67. The lowest BCUT2D eigenvalue weighted by Gasteiger charge is -2.06. The maximum Gasteiger partial charge on any atom is 0.258 e. The Balaban J connectivity index is 1.88. The first kappa shape index (κ1) is 11.3. The Bertz CT molecular complexity index is 753. The molecule has 0 aliphatic heterocycles. The van der Waals surface area contributed by atoms with E-state index in [2.05, 4.69) is 15.5 Å². The Kier molecular flexibility index (Phi) is 2.68. The van der Waals surface area contributed by atoms with Crippen LogP contribution in [0.4, 0.5) is 10.1 Å². The molecular weight excluding hydrogens is 247 g/mol. The van der Waals surface area contributed by atoms with E-state index in [1.807, 2.05) is 0 Å². The molecule has 0 spiro atoms. The van der Waals surface area contributed by atoms with E-state index in [1.165, 1.54) is 24.5 Å². The van der Waals surface area contributed by atoms with Gasteiger partial charge in [0.15, 0.2) is 5.65 Å². The lowest BCUT2D eigenvalue weighted by atomic mass is 10.2. The largest absolute Gasteiger partial charge is 0.321 e. The van der Waals surface area contributed by atoms with E-state index >= 15 is 0 Å². The van der Waals surface area contributed by atoms with Gasteiger partial charge in [-0.1, -0.05) is 12.1 Å². The number of halogens is 1. The molecule has 0 aliphatic rings. The van der Waals surface area contributed by atoms with Crippen LogP contribution < -0.4 is 5.32 Å². The fraction of sp³-hybridized carbons (Fsp3) is 0. The molecule has 1 N–H and O–H groups in total. The van der Waals surface area contributed by atoms with E-state index in [9.17, 15) is 9.18 Å². The SMILES string of the molecule is O=C(Nc1ccc2nncn2c1)c1ccccc1F. The summed E-state index contributed by atoms with van der Waals surface area (Å²) >= 11 is 0. The maximum absolute atomic E-state index is 13.5. The average Bonchev–Trinajstić information content (AvgIpc) is 2.86. The molecule has 0 radical (unpaired) electrons. The van der Waals surface area contributed by atoms with E-state index in [0.717, 1.165) is 0 Å². The van der Waals surface area contributed by atoms with E-state index in [4.69, 9.17) is 0 Å². The molecule has 0 unspecified atom stereocenters. The van der Waals surface area contributed by atoms with Crippen LogP contribution in [-0.2, 0) is 0 Å². The van der Waals surface area contributed by atoms with Gasteiger partial charge in [0.05, 0.1) is 11.3 Å². The number of hydrogen-bond donors (Lipinski definition) is 1. The number of carbonyl (C=O) groups excluding carboxylic acids is 1. The summed E-state index contributed by atoms with van der Waals surface area (Å²) in [6.45, 7) is 0. The summed E-state index contributed by atoms with van der Waals surface area (Å²) in [4.78, 5) is 11.9. The Hall–Kier alpha value is -2.76. The Morgan fingerprint density at radius 2 is 2.05 bits per heavy atom. The van der Waals surface area contributed by atoms with Crippen LogP contribution in [-0.4, -0.2) is 20.5 Å². The Morgan fingerprint density at radius 1 is 1.21 bits per heavy atom. The smallest absolute Gasteiger partial charge is 0.258 e. The predicted octanol–water partition coefficient (Wildman–Crippen LogP) is 2.12. The van der Waals surface area contributed by atoms with Crippen molar-refractivity contribution in [3.63, 3.8) is 0 Å². The van der Waals surface area contributed by atoms with Crippen LogP contribution in [0, 0.1) is 5.82 Å². The summed E-state index contributed by atoms with van der Waals surface area (Å²) in [5, 5.41) is 10.2. The predicted molar refractivity (Wildman–Crippen MR) is 67.3 cm³/mol. The second-order valence-corrected chi connectivity index (χ2v) is 3.95. The number of carbonyl (C=O) groups is 1. The fourth-order valence-corrected chi connectivity index (χ4v) is 1.75. The van der Waals surface area contributed by atoms with Crippen molar-refractivity contribution in [2.45, 2.75) is 0 Å². The van der Waals surface area contributed by atoms with Crippen molar-refractivity contribution < 1.29 is 9.18 Å². The number of anilines is 1. The van der Waals surface area contributed by atoms with Gasteiger partial charge in [0.2, 0.25) is 0 Å². The summed E-state index contributed by atoms with van der Waals surface area (Å²) in [7, 11) is 0. The van der Waals surface area contributed by atoms with E-state index in [-0.39, 0.29) is 5.56 Å². The number of aromatic nitrogens is 3. The average molecular weight is 256 g/mol. The highest BCUT2D eigenvalue weighted by Crippen LogP contribution is 2.12. The molecule has 0 fully saturated rings. The van der Waals surface area contributed by atoms with Gasteiger partial charge in [0, 0.05) is 6.20 Å². The normalized spacial score (nSPS) is 10.6. The fourth-order valence-electron chi connectivity index (χ4n) is 1.75. The number of amides is 1. The minimum Gasteiger partial charge on any atom is -0.321 e. The standard InChI is InChI=1S/C13H9FN4O/c14-11-4-2-1-3-10(11)13(19)16-9-5-6-12-17-15-8-18(12)7-9/h1-8H,(H,16,19). The first-order valence-electron chi connectivity index (χ1n) is 5.59. The van der Waals surface area contributed by atoms with Crippen LogP contribution in [0.25, 0.3) is 5.65 Å². The van der Waals surface area contributed by atoms with Crippen molar-refractivity contribution in [1.29, 1.82) is 0 Å². The zero-order valence-corrected chi connectivity index (χ0v) is 9.75. The first-order valence-corrected chi connectivity index (χ1v) is 5.59. The van der Waals surface area contributed by atoms with Gasteiger partial charge in [-0.25, -0.2) is 4.39 Å². The summed E-state index contributed by atoms with van der Waals surface area (Å²) in [5.74, 6) is -1.05. The van der Waals surface area contributed by atoms with Crippen LogP contribution in [0.15, 0.2) is 48.9 Å². The van der Waals surface area contributed by atoms with Gasteiger partial charge < -0.3 is 5.32 Å². The molecule has 6 heteroatoms. The number of fused-ring (bicyclic) bond motifs is 1. The summed E-state index contributed by atoms with van der Waals surface area (Å²) in [6, 6.07) is 9.23. The zero-order chi connectivity index (χ0) is 13.2. The van der Waals surface area contributed by atoms with E-state index in [0.29, 0.717) is 11.3 Å². The highest BCUT2D eigenvalue weighted by Gasteiger charge is 2.11. The molecule has 3 rings (SSSR count). The van der Waals surface area contributed by atoms with Gasteiger partial charge in [-0.2, -0.15) is 0 Å².